The Morgan fingerprint density at radius 3 is 2.06 bits per heavy atom. The van der Waals surface area contributed by atoms with Crippen LogP contribution in [0.2, 0.25) is 0 Å². The number of para-hydroxylation sites is 1. The maximum absolute atomic E-state index is 7.34. The molecule has 66 heavy (non-hydrogen) atoms. The van der Waals surface area contributed by atoms with Crippen molar-refractivity contribution in [2.24, 2.45) is 0 Å². The van der Waals surface area contributed by atoms with Crippen LogP contribution in [0, 0.1) is 0 Å². The van der Waals surface area contributed by atoms with Gasteiger partial charge in [-0.3, -0.25) is 0 Å². The fraction of sp³-hybridized carbons (Fsp3) is 0.180. The summed E-state index contributed by atoms with van der Waals surface area (Å²) >= 11 is 0. The number of aromatic nitrogens is 1. The number of fused-ring (bicyclic) bond motifs is 17. The summed E-state index contributed by atoms with van der Waals surface area (Å²) in [6, 6.07) is 56.8. The van der Waals surface area contributed by atoms with Crippen molar-refractivity contribution >= 4 is 83.9 Å². The molecule has 0 atom stereocenters. The number of rotatable bonds is 2. The topological polar surface area (TPSA) is 34.5 Å². The molecule has 0 fully saturated rings. The average molecular weight is 853 g/mol. The molecule has 5 heterocycles. The van der Waals surface area contributed by atoms with Gasteiger partial charge in [0.25, 0.3) is 0 Å². The van der Waals surface area contributed by atoms with Crippen LogP contribution in [0.1, 0.15) is 77.6 Å². The molecule has 2 aliphatic heterocycles. The summed E-state index contributed by atoms with van der Waals surface area (Å²) in [6.07, 6.45) is 0. The predicted molar refractivity (Wildman–Crippen MR) is 277 cm³/mol. The van der Waals surface area contributed by atoms with Gasteiger partial charge in [0, 0.05) is 72.2 Å². The lowest BCUT2D eigenvalue weighted by Gasteiger charge is -2.42. The lowest BCUT2D eigenvalue weighted by Crippen LogP contribution is -2.60. The number of nitrogens with zero attached hydrogens (tertiary/aromatic N) is 2. The fourth-order valence-electron chi connectivity index (χ4n) is 12.1. The Hall–Kier alpha value is -7.24. The summed E-state index contributed by atoms with van der Waals surface area (Å²) in [4.78, 5) is 2.66. The quantitative estimate of drug-likeness (QED) is 0.163. The molecule has 14 rings (SSSR count). The Labute approximate surface area is 385 Å². The van der Waals surface area contributed by atoms with Crippen LogP contribution in [0.25, 0.3) is 94.0 Å². The van der Waals surface area contributed by atoms with Crippen LogP contribution in [0.3, 0.4) is 0 Å². The standard InChI is InChI=1S/C61H49BN2O2/c1-59(2,3)36-22-25-38(26-23-36)64-48-32-41-39-18-12-14-20-44(39)61(7,8)45(41)31-43(48)55-56-57-53(54-40-19-13-15-21-50(40)66-58(54)55)42-30-37(60(4,5)6)24-27-47(42)63(57)49-33-52-35(28-46(49)62(56)64)29-51(65-52)34-16-10-9-11-17-34/h9-33H,1-8H3. The van der Waals surface area contributed by atoms with E-state index in [9.17, 15) is 0 Å². The van der Waals surface area contributed by atoms with E-state index in [4.69, 9.17) is 8.83 Å². The number of anilines is 2. The summed E-state index contributed by atoms with van der Waals surface area (Å²) < 4.78 is 16.8. The van der Waals surface area contributed by atoms with Gasteiger partial charge in [-0.15, -0.1) is 0 Å². The fourth-order valence-corrected chi connectivity index (χ4v) is 12.1. The van der Waals surface area contributed by atoms with Gasteiger partial charge in [-0.1, -0.05) is 152 Å². The molecule has 0 unspecified atom stereocenters. The van der Waals surface area contributed by atoms with Gasteiger partial charge in [0.15, 0.2) is 0 Å². The van der Waals surface area contributed by atoms with Gasteiger partial charge >= 0.3 is 6.85 Å². The lowest BCUT2D eigenvalue weighted by molar-refractivity contribution is 0.590. The Morgan fingerprint density at radius 2 is 1.27 bits per heavy atom. The molecular formula is C61H49BN2O2. The normalized spacial score (nSPS) is 14.7. The minimum absolute atomic E-state index is 0.00768. The van der Waals surface area contributed by atoms with Gasteiger partial charge in [0.2, 0.25) is 0 Å². The highest BCUT2D eigenvalue weighted by molar-refractivity contribution is 6.94. The molecule has 0 saturated carbocycles. The van der Waals surface area contributed by atoms with Crippen molar-refractivity contribution in [1.29, 1.82) is 0 Å². The Bertz CT molecular complexity index is 3920. The summed E-state index contributed by atoms with van der Waals surface area (Å²) in [5, 5.41) is 5.89. The second-order valence-corrected chi connectivity index (χ2v) is 21.7. The monoisotopic (exact) mass is 852 g/mol. The first kappa shape index (κ1) is 38.1. The zero-order valence-electron chi connectivity index (χ0n) is 38.7. The molecule has 3 aromatic heterocycles. The third kappa shape index (κ3) is 4.90. The molecule has 0 spiro atoms. The minimum atomic E-state index is -0.204. The summed E-state index contributed by atoms with van der Waals surface area (Å²) in [5.41, 5.74) is 22.3. The van der Waals surface area contributed by atoms with E-state index in [-0.39, 0.29) is 23.1 Å². The van der Waals surface area contributed by atoms with E-state index >= 15 is 0 Å². The van der Waals surface area contributed by atoms with Crippen LogP contribution in [0.5, 0.6) is 0 Å². The van der Waals surface area contributed by atoms with E-state index < -0.39 is 0 Å². The van der Waals surface area contributed by atoms with E-state index in [1.807, 2.05) is 0 Å². The third-order valence-electron chi connectivity index (χ3n) is 15.5. The molecule has 0 radical (unpaired) electrons. The first-order chi connectivity index (χ1) is 31.8. The van der Waals surface area contributed by atoms with Gasteiger partial charge in [-0.2, -0.15) is 0 Å². The molecule has 5 heteroatoms. The summed E-state index contributed by atoms with van der Waals surface area (Å²) in [5.74, 6) is 0.868. The number of hydrogen-bond acceptors (Lipinski definition) is 3. The Balaban J connectivity index is 1.20. The molecule has 318 valence electrons. The minimum Gasteiger partial charge on any atom is -0.456 e. The predicted octanol–water partition coefficient (Wildman–Crippen LogP) is 15.2. The first-order valence-electron chi connectivity index (χ1n) is 23.5. The number of furan rings is 2. The molecule has 11 aromatic rings. The highest BCUT2D eigenvalue weighted by atomic mass is 16.3. The number of benzene rings is 8. The molecule has 4 nitrogen and oxygen atoms in total. The largest absolute Gasteiger partial charge is 0.456 e. The Kier molecular flexibility index (Phi) is 7.24. The van der Waals surface area contributed by atoms with Gasteiger partial charge in [0.05, 0.1) is 11.0 Å². The highest BCUT2D eigenvalue weighted by Crippen LogP contribution is 2.56. The summed E-state index contributed by atoms with van der Waals surface area (Å²) in [6.45, 7) is 18.4. The molecule has 0 bridgehead atoms. The van der Waals surface area contributed by atoms with Gasteiger partial charge < -0.3 is 18.2 Å². The van der Waals surface area contributed by atoms with Crippen molar-refractivity contribution < 1.29 is 8.83 Å². The molecule has 0 amide bonds. The van der Waals surface area contributed by atoms with E-state index in [1.54, 1.807) is 0 Å². The van der Waals surface area contributed by atoms with Crippen LogP contribution >= 0.6 is 0 Å². The van der Waals surface area contributed by atoms with Crippen LogP contribution in [0.4, 0.5) is 11.4 Å². The second kappa shape index (κ2) is 12.6. The lowest BCUT2D eigenvalue weighted by atomic mass is 9.43. The molecule has 1 aliphatic carbocycles. The van der Waals surface area contributed by atoms with Crippen molar-refractivity contribution in [1.82, 2.24) is 4.57 Å². The smallest absolute Gasteiger partial charge is 0.333 e. The van der Waals surface area contributed by atoms with Crippen LogP contribution in [-0.4, -0.2) is 11.4 Å². The molecule has 0 N–H and O–H groups in total. The zero-order chi connectivity index (χ0) is 44.8. The van der Waals surface area contributed by atoms with Gasteiger partial charge in [0.1, 0.15) is 22.5 Å². The van der Waals surface area contributed by atoms with Gasteiger partial charge in [-0.05, 0) is 104 Å². The third-order valence-corrected chi connectivity index (χ3v) is 15.5. The van der Waals surface area contributed by atoms with Crippen molar-refractivity contribution in [2.45, 2.75) is 71.6 Å². The zero-order valence-corrected chi connectivity index (χ0v) is 38.7. The van der Waals surface area contributed by atoms with Crippen LogP contribution in [-0.2, 0) is 16.2 Å². The van der Waals surface area contributed by atoms with E-state index in [0.29, 0.717) is 0 Å². The SMILES string of the molecule is CC(C)(C)c1ccc(N2B3c4cc5cc(-c6ccccc6)oc5cc4-n4c5ccc(C(C)(C)C)cc5c5c6c(oc7ccccc76)c(c3c54)-c3cc4c(cc32)-c2ccccc2C4(C)C)cc1. The van der Waals surface area contributed by atoms with Crippen molar-refractivity contribution in [3.63, 3.8) is 0 Å². The molecule has 8 aromatic carbocycles. The van der Waals surface area contributed by atoms with Crippen LogP contribution < -0.4 is 15.7 Å². The molecular weight excluding hydrogens is 803 g/mol. The Morgan fingerprint density at radius 1 is 0.545 bits per heavy atom. The van der Waals surface area contributed by atoms with Crippen molar-refractivity contribution in [3.05, 3.63) is 174 Å². The van der Waals surface area contributed by atoms with E-state index in [2.05, 4.69) is 216 Å². The van der Waals surface area contributed by atoms with Crippen LogP contribution in [0.15, 0.2) is 160 Å². The van der Waals surface area contributed by atoms with Gasteiger partial charge in [-0.25, -0.2) is 0 Å². The van der Waals surface area contributed by atoms with E-state index in [0.717, 1.165) is 50.2 Å². The summed E-state index contributed by atoms with van der Waals surface area (Å²) in [7, 11) is 0. The molecule has 3 aliphatic rings. The second-order valence-electron chi connectivity index (χ2n) is 21.7. The average Bonchev–Trinajstić information content (AvgIpc) is 4.05. The maximum Gasteiger partial charge on any atom is 0.333 e. The maximum atomic E-state index is 7.34. The number of hydrogen-bond donors (Lipinski definition) is 0. The van der Waals surface area contributed by atoms with Crippen molar-refractivity contribution in [3.8, 4) is 39.3 Å². The molecule has 0 saturated heterocycles. The first-order valence-corrected chi connectivity index (χ1v) is 23.5. The highest BCUT2D eigenvalue weighted by Gasteiger charge is 2.48. The van der Waals surface area contributed by atoms with E-state index in [1.165, 1.54) is 88.3 Å². The van der Waals surface area contributed by atoms with Crippen molar-refractivity contribution in [2.75, 3.05) is 4.81 Å².